The van der Waals surface area contributed by atoms with Crippen molar-refractivity contribution in [1.82, 2.24) is 15.0 Å². The summed E-state index contributed by atoms with van der Waals surface area (Å²) in [5, 5.41) is 32.9. The van der Waals surface area contributed by atoms with Crippen LogP contribution in [0.15, 0.2) is 6.20 Å². The maximum absolute atomic E-state index is 10.5. The number of carbonyl (C=O) groups is 1. The van der Waals surface area contributed by atoms with Crippen LogP contribution in [-0.4, -0.2) is 49.0 Å². The van der Waals surface area contributed by atoms with Crippen LogP contribution >= 0.6 is 0 Å². The summed E-state index contributed by atoms with van der Waals surface area (Å²) in [6.45, 7) is -0.531. The van der Waals surface area contributed by atoms with Crippen molar-refractivity contribution in [2.75, 3.05) is 6.61 Å². The molecule has 1 aromatic rings. The minimum Gasteiger partial charge on any atom is -0.476 e. The van der Waals surface area contributed by atoms with Crippen molar-refractivity contribution in [3.8, 4) is 0 Å². The lowest BCUT2D eigenvalue weighted by molar-refractivity contribution is 0.0641. The first-order valence-electron chi connectivity index (χ1n) is 3.56. The molecule has 1 atom stereocenters. The number of hydrogen-bond donors (Lipinski definition) is 3. The molecule has 13 heavy (non-hydrogen) atoms. The van der Waals surface area contributed by atoms with Crippen LogP contribution < -0.4 is 0 Å². The second-order valence-corrected chi connectivity index (χ2v) is 2.44. The number of aliphatic hydroxyl groups excluding tert-OH is 2. The van der Waals surface area contributed by atoms with Gasteiger partial charge in [-0.05, 0) is 0 Å². The van der Waals surface area contributed by atoms with Gasteiger partial charge in [0.1, 0.15) is 0 Å². The number of nitrogens with zero attached hydrogens (tertiary/aromatic N) is 3. The molecule has 3 N–H and O–H groups in total. The molecular weight excluding hydrogens is 178 g/mol. The van der Waals surface area contributed by atoms with Gasteiger partial charge in [-0.3, -0.25) is 0 Å². The van der Waals surface area contributed by atoms with Gasteiger partial charge in [0.25, 0.3) is 0 Å². The Hall–Kier alpha value is -1.47. The van der Waals surface area contributed by atoms with Crippen molar-refractivity contribution in [2.45, 2.75) is 12.6 Å². The Kier molecular flexibility index (Phi) is 2.93. The molecule has 1 heterocycles. The Labute approximate surface area is 73.2 Å². The fourth-order valence-electron chi connectivity index (χ4n) is 0.816. The van der Waals surface area contributed by atoms with E-state index in [1.807, 2.05) is 0 Å². The van der Waals surface area contributed by atoms with Crippen molar-refractivity contribution in [3.05, 3.63) is 11.9 Å². The molecule has 7 heteroatoms. The van der Waals surface area contributed by atoms with Crippen molar-refractivity contribution >= 4 is 5.97 Å². The predicted molar refractivity (Wildman–Crippen MR) is 40.1 cm³/mol. The Morgan fingerprint density at radius 3 is 2.92 bits per heavy atom. The Morgan fingerprint density at radius 1 is 1.69 bits per heavy atom. The maximum atomic E-state index is 10.5. The van der Waals surface area contributed by atoms with Crippen molar-refractivity contribution in [1.29, 1.82) is 0 Å². The number of aliphatic hydroxyl groups is 2. The number of aromatic nitrogens is 3. The van der Waals surface area contributed by atoms with Crippen molar-refractivity contribution in [3.63, 3.8) is 0 Å². The van der Waals surface area contributed by atoms with Crippen LogP contribution in [0, 0.1) is 0 Å². The van der Waals surface area contributed by atoms with E-state index >= 15 is 0 Å². The lowest BCUT2D eigenvalue weighted by atomic mass is 10.3. The van der Waals surface area contributed by atoms with Gasteiger partial charge in [-0.25, -0.2) is 9.48 Å². The molecule has 0 radical (unpaired) electrons. The van der Waals surface area contributed by atoms with E-state index < -0.39 is 18.7 Å². The smallest absolute Gasteiger partial charge is 0.355 e. The van der Waals surface area contributed by atoms with E-state index in [0.29, 0.717) is 0 Å². The largest absolute Gasteiger partial charge is 0.476 e. The fourth-order valence-corrected chi connectivity index (χ4v) is 0.816. The lowest BCUT2D eigenvalue weighted by Gasteiger charge is -2.06. The van der Waals surface area contributed by atoms with Crippen LogP contribution in [0.4, 0.5) is 0 Å². The summed E-state index contributed by atoms with van der Waals surface area (Å²) < 4.78 is 1.02. The minimum absolute atomic E-state index is 0.0852. The van der Waals surface area contributed by atoms with Gasteiger partial charge in [0.15, 0.2) is 5.69 Å². The highest BCUT2D eigenvalue weighted by Crippen LogP contribution is 1.97. The van der Waals surface area contributed by atoms with Gasteiger partial charge >= 0.3 is 5.97 Å². The summed E-state index contributed by atoms with van der Waals surface area (Å²) in [5.74, 6) is -1.17. The first kappa shape index (κ1) is 9.62. The van der Waals surface area contributed by atoms with Gasteiger partial charge in [-0.2, -0.15) is 0 Å². The SMILES string of the molecule is O=C(O)c1cnnn1CC(O)CO. The summed E-state index contributed by atoms with van der Waals surface area (Å²) >= 11 is 0. The maximum Gasteiger partial charge on any atom is 0.355 e. The Balaban J connectivity index is 2.76. The molecule has 0 saturated carbocycles. The molecule has 0 aliphatic heterocycles. The molecule has 72 valence electrons. The highest BCUT2D eigenvalue weighted by molar-refractivity contribution is 5.85. The average Bonchev–Trinajstić information content (AvgIpc) is 2.52. The van der Waals surface area contributed by atoms with Crippen LogP contribution in [0.25, 0.3) is 0 Å². The topological polar surface area (TPSA) is 108 Å². The van der Waals surface area contributed by atoms with Crippen LogP contribution in [0.5, 0.6) is 0 Å². The average molecular weight is 187 g/mol. The first-order valence-corrected chi connectivity index (χ1v) is 3.56. The summed E-state index contributed by atoms with van der Waals surface area (Å²) in [5.41, 5.74) is -0.118. The molecule has 0 bridgehead atoms. The van der Waals surface area contributed by atoms with Gasteiger partial charge < -0.3 is 15.3 Å². The minimum atomic E-state index is -1.17. The molecule has 0 amide bonds. The molecule has 7 nitrogen and oxygen atoms in total. The number of carboxylic acids is 1. The van der Waals surface area contributed by atoms with E-state index in [1.54, 1.807) is 0 Å². The van der Waals surface area contributed by atoms with E-state index in [4.69, 9.17) is 15.3 Å². The summed E-state index contributed by atoms with van der Waals surface area (Å²) in [4.78, 5) is 10.5. The zero-order valence-corrected chi connectivity index (χ0v) is 6.66. The molecule has 0 aliphatic carbocycles. The Morgan fingerprint density at radius 2 is 2.38 bits per heavy atom. The van der Waals surface area contributed by atoms with E-state index in [1.165, 1.54) is 0 Å². The van der Waals surface area contributed by atoms with Gasteiger partial charge in [-0.1, -0.05) is 5.21 Å². The van der Waals surface area contributed by atoms with E-state index in [2.05, 4.69) is 10.3 Å². The van der Waals surface area contributed by atoms with Gasteiger partial charge in [0, 0.05) is 0 Å². The second kappa shape index (κ2) is 3.97. The summed E-state index contributed by atoms with van der Waals surface area (Å²) in [6.07, 6.45) is 0.0479. The van der Waals surface area contributed by atoms with Crippen LogP contribution in [0.3, 0.4) is 0 Å². The third-order valence-electron chi connectivity index (χ3n) is 1.43. The second-order valence-electron chi connectivity index (χ2n) is 2.44. The molecule has 1 unspecified atom stereocenters. The molecule has 1 rings (SSSR count). The fraction of sp³-hybridized carbons (Fsp3) is 0.500. The summed E-state index contributed by atoms with van der Waals surface area (Å²) in [6, 6.07) is 0. The van der Waals surface area contributed by atoms with Crippen LogP contribution in [0.1, 0.15) is 10.5 Å². The number of aromatic carboxylic acids is 1. The number of carboxylic acid groups (broad SMARTS) is 1. The molecule has 0 spiro atoms. The third kappa shape index (κ3) is 2.23. The zero-order chi connectivity index (χ0) is 9.84. The molecule has 0 aliphatic rings. The van der Waals surface area contributed by atoms with E-state index in [-0.39, 0.29) is 12.2 Å². The van der Waals surface area contributed by atoms with Gasteiger partial charge in [-0.15, -0.1) is 5.10 Å². The van der Waals surface area contributed by atoms with Crippen LogP contribution in [0.2, 0.25) is 0 Å². The molecule has 0 fully saturated rings. The normalized spacial score (nSPS) is 12.8. The first-order chi connectivity index (χ1) is 6.15. The number of hydrogen-bond acceptors (Lipinski definition) is 5. The lowest BCUT2D eigenvalue weighted by Crippen LogP contribution is -2.23. The van der Waals surface area contributed by atoms with Gasteiger partial charge in [0.2, 0.25) is 0 Å². The standard InChI is InChI=1S/C6H9N3O4/c10-3-4(11)2-9-5(6(12)13)1-7-8-9/h1,4,10-11H,2-3H2,(H,12,13). The highest BCUT2D eigenvalue weighted by atomic mass is 16.4. The van der Waals surface area contributed by atoms with Crippen molar-refractivity contribution < 1.29 is 20.1 Å². The highest BCUT2D eigenvalue weighted by Gasteiger charge is 2.13. The van der Waals surface area contributed by atoms with E-state index in [0.717, 1.165) is 10.9 Å². The predicted octanol–water partition coefficient (Wildman–Crippen LogP) is -1.67. The zero-order valence-electron chi connectivity index (χ0n) is 6.66. The monoisotopic (exact) mass is 187 g/mol. The quantitative estimate of drug-likeness (QED) is 0.520. The van der Waals surface area contributed by atoms with Crippen LogP contribution in [-0.2, 0) is 6.54 Å². The van der Waals surface area contributed by atoms with E-state index in [9.17, 15) is 4.79 Å². The molecule has 0 saturated heterocycles. The number of rotatable bonds is 4. The molecular formula is C6H9N3O4. The molecule has 0 aromatic carbocycles. The van der Waals surface area contributed by atoms with Gasteiger partial charge in [0.05, 0.1) is 25.5 Å². The third-order valence-corrected chi connectivity index (χ3v) is 1.43. The summed E-state index contributed by atoms with van der Waals surface area (Å²) in [7, 11) is 0. The Bertz CT molecular complexity index is 298. The molecule has 1 aromatic heterocycles. The van der Waals surface area contributed by atoms with Crippen molar-refractivity contribution in [2.24, 2.45) is 0 Å².